The Morgan fingerprint density at radius 2 is 1.67 bits per heavy atom. The van der Waals surface area contributed by atoms with Crippen molar-refractivity contribution >= 4 is 33.4 Å². The Labute approximate surface area is 121 Å². The van der Waals surface area contributed by atoms with E-state index in [1.807, 2.05) is 13.0 Å². The molecule has 2 rings (SSSR count). The van der Waals surface area contributed by atoms with Gasteiger partial charge in [-0.3, -0.25) is 0 Å². The fraction of sp³-hybridized carbons (Fsp3) is 0.200. The lowest BCUT2D eigenvalue weighted by molar-refractivity contribution is 1.25. The third-order valence-electron chi connectivity index (χ3n) is 2.88. The van der Waals surface area contributed by atoms with Crippen LogP contribution in [0.25, 0.3) is 0 Å². The van der Waals surface area contributed by atoms with Crippen molar-refractivity contribution in [3.63, 3.8) is 0 Å². The van der Waals surface area contributed by atoms with Crippen LogP contribution in [0.15, 0.2) is 44.6 Å². The summed E-state index contributed by atoms with van der Waals surface area (Å²) < 4.78 is 1.05. The van der Waals surface area contributed by atoms with E-state index in [0.29, 0.717) is 0 Å². The van der Waals surface area contributed by atoms with Gasteiger partial charge in [0.05, 0.1) is 0 Å². The zero-order chi connectivity index (χ0) is 13.3. The van der Waals surface area contributed by atoms with Crippen LogP contribution in [-0.4, -0.2) is 0 Å². The van der Waals surface area contributed by atoms with Gasteiger partial charge in [0.2, 0.25) is 0 Å². The average molecular weight is 322 g/mol. The van der Waals surface area contributed by atoms with Crippen LogP contribution in [-0.2, 0) is 0 Å². The molecule has 2 N–H and O–H groups in total. The summed E-state index contributed by atoms with van der Waals surface area (Å²) in [6.45, 7) is 6.29. The summed E-state index contributed by atoms with van der Waals surface area (Å²) in [7, 11) is 0. The van der Waals surface area contributed by atoms with Crippen LogP contribution in [0.5, 0.6) is 0 Å². The minimum Gasteiger partial charge on any atom is -0.398 e. The SMILES string of the molecule is Cc1ccc(C)c(Sc2cc(C)c(N)cc2Br)c1. The van der Waals surface area contributed by atoms with Crippen molar-refractivity contribution in [3.05, 3.63) is 51.5 Å². The molecule has 0 radical (unpaired) electrons. The molecule has 0 saturated heterocycles. The monoisotopic (exact) mass is 321 g/mol. The van der Waals surface area contributed by atoms with Gasteiger partial charge in [0.25, 0.3) is 0 Å². The van der Waals surface area contributed by atoms with Gasteiger partial charge in [-0.1, -0.05) is 23.9 Å². The lowest BCUT2D eigenvalue weighted by Crippen LogP contribution is -1.91. The standard InChI is InChI=1S/C15H16BrNS/c1-9-4-5-10(2)14(6-9)18-15-7-11(3)13(17)8-12(15)16/h4-8H,17H2,1-3H3. The van der Waals surface area contributed by atoms with Gasteiger partial charge < -0.3 is 5.73 Å². The Morgan fingerprint density at radius 1 is 0.944 bits per heavy atom. The van der Waals surface area contributed by atoms with E-state index < -0.39 is 0 Å². The van der Waals surface area contributed by atoms with E-state index in [0.717, 1.165) is 15.7 Å². The van der Waals surface area contributed by atoms with E-state index in [4.69, 9.17) is 5.73 Å². The smallest absolute Gasteiger partial charge is 0.0355 e. The highest BCUT2D eigenvalue weighted by atomic mass is 79.9. The lowest BCUT2D eigenvalue weighted by atomic mass is 10.2. The largest absolute Gasteiger partial charge is 0.398 e. The molecular formula is C15H16BrNS. The number of anilines is 1. The molecule has 0 aliphatic rings. The van der Waals surface area contributed by atoms with Crippen molar-refractivity contribution in [1.82, 2.24) is 0 Å². The third kappa shape index (κ3) is 2.90. The first kappa shape index (κ1) is 13.5. The van der Waals surface area contributed by atoms with Gasteiger partial charge >= 0.3 is 0 Å². The van der Waals surface area contributed by atoms with Crippen LogP contribution in [0.4, 0.5) is 5.69 Å². The quantitative estimate of drug-likeness (QED) is 0.778. The van der Waals surface area contributed by atoms with Gasteiger partial charge in [-0.15, -0.1) is 0 Å². The molecule has 0 aliphatic heterocycles. The van der Waals surface area contributed by atoms with Crippen molar-refractivity contribution in [2.24, 2.45) is 0 Å². The first-order valence-corrected chi connectivity index (χ1v) is 7.39. The fourth-order valence-corrected chi connectivity index (χ4v) is 3.39. The van der Waals surface area contributed by atoms with Crippen LogP contribution in [0.2, 0.25) is 0 Å². The summed E-state index contributed by atoms with van der Waals surface area (Å²) in [5.41, 5.74) is 10.4. The van der Waals surface area contributed by atoms with Gasteiger partial charge in [0, 0.05) is 20.0 Å². The normalized spacial score (nSPS) is 10.7. The van der Waals surface area contributed by atoms with Crippen molar-refractivity contribution in [2.75, 3.05) is 5.73 Å². The third-order valence-corrected chi connectivity index (χ3v) is 5.02. The summed E-state index contributed by atoms with van der Waals surface area (Å²) in [5.74, 6) is 0. The molecule has 0 bridgehead atoms. The lowest BCUT2D eigenvalue weighted by Gasteiger charge is -2.10. The number of nitrogen functional groups attached to an aromatic ring is 1. The number of aryl methyl sites for hydroxylation is 3. The first-order chi connectivity index (χ1) is 8.47. The summed E-state index contributed by atoms with van der Waals surface area (Å²) in [4.78, 5) is 2.50. The highest BCUT2D eigenvalue weighted by Crippen LogP contribution is 2.37. The van der Waals surface area contributed by atoms with Crippen molar-refractivity contribution in [1.29, 1.82) is 0 Å². The average Bonchev–Trinajstić information content (AvgIpc) is 2.30. The second kappa shape index (κ2) is 5.37. The molecular weight excluding hydrogens is 306 g/mol. The molecule has 3 heteroatoms. The van der Waals surface area contributed by atoms with Crippen LogP contribution >= 0.6 is 27.7 Å². The fourth-order valence-electron chi connectivity index (χ4n) is 1.68. The molecule has 2 aromatic carbocycles. The van der Waals surface area contributed by atoms with E-state index >= 15 is 0 Å². The van der Waals surface area contributed by atoms with E-state index in [9.17, 15) is 0 Å². The molecule has 0 heterocycles. The molecule has 0 atom stereocenters. The van der Waals surface area contributed by atoms with E-state index in [1.165, 1.54) is 20.9 Å². The molecule has 2 aromatic rings. The first-order valence-electron chi connectivity index (χ1n) is 5.78. The number of halogens is 1. The van der Waals surface area contributed by atoms with Crippen molar-refractivity contribution < 1.29 is 0 Å². The van der Waals surface area contributed by atoms with E-state index in [2.05, 4.69) is 54.0 Å². The summed E-state index contributed by atoms with van der Waals surface area (Å²) >= 11 is 5.36. The molecule has 1 nitrogen and oxygen atoms in total. The highest BCUT2D eigenvalue weighted by Gasteiger charge is 2.07. The number of rotatable bonds is 2. The molecule has 0 saturated carbocycles. The maximum atomic E-state index is 5.90. The zero-order valence-electron chi connectivity index (χ0n) is 10.8. The summed E-state index contributed by atoms with van der Waals surface area (Å²) in [5, 5.41) is 0. The Balaban J connectivity index is 2.40. The van der Waals surface area contributed by atoms with Gasteiger partial charge in [-0.2, -0.15) is 0 Å². The number of hydrogen-bond acceptors (Lipinski definition) is 2. The van der Waals surface area contributed by atoms with Crippen molar-refractivity contribution in [3.8, 4) is 0 Å². The van der Waals surface area contributed by atoms with Crippen molar-refractivity contribution in [2.45, 2.75) is 30.6 Å². The molecule has 0 spiro atoms. The number of benzene rings is 2. The summed E-state index contributed by atoms with van der Waals surface area (Å²) in [6.07, 6.45) is 0. The van der Waals surface area contributed by atoms with Gasteiger partial charge in [0.15, 0.2) is 0 Å². The maximum absolute atomic E-state index is 5.90. The minimum absolute atomic E-state index is 0.826. The molecule has 94 valence electrons. The Morgan fingerprint density at radius 3 is 2.39 bits per heavy atom. The molecule has 0 aromatic heterocycles. The molecule has 18 heavy (non-hydrogen) atoms. The maximum Gasteiger partial charge on any atom is 0.0355 e. The number of hydrogen-bond donors (Lipinski definition) is 1. The van der Waals surface area contributed by atoms with Crippen LogP contribution in [0, 0.1) is 20.8 Å². The van der Waals surface area contributed by atoms with Gasteiger partial charge in [-0.25, -0.2) is 0 Å². The Bertz CT molecular complexity index is 593. The van der Waals surface area contributed by atoms with Crippen LogP contribution < -0.4 is 5.73 Å². The molecule has 0 fully saturated rings. The molecule has 0 amide bonds. The second-order valence-corrected chi connectivity index (χ2v) is 6.45. The highest BCUT2D eigenvalue weighted by molar-refractivity contribution is 9.10. The van der Waals surface area contributed by atoms with Crippen LogP contribution in [0.3, 0.4) is 0 Å². The Kier molecular flexibility index (Phi) is 4.03. The van der Waals surface area contributed by atoms with Gasteiger partial charge in [0.1, 0.15) is 0 Å². The summed E-state index contributed by atoms with van der Waals surface area (Å²) in [6, 6.07) is 10.6. The molecule has 0 unspecified atom stereocenters. The number of nitrogens with two attached hydrogens (primary N) is 1. The topological polar surface area (TPSA) is 26.0 Å². The van der Waals surface area contributed by atoms with E-state index in [-0.39, 0.29) is 0 Å². The second-order valence-electron chi connectivity index (χ2n) is 4.51. The van der Waals surface area contributed by atoms with Crippen LogP contribution in [0.1, 0.15) is 16.7 Å². The minimum atomic E-state index is 0.826. The molecule has 0 aliphatic carbocycles. The van der Waals surface area contributed by atoms with Gasteiger partial charge in [-0.05, 0) is 71.6 Å². The Hall–Kier alpha value is -0.930. The predicted molar refractivity (Wildman–Crippen MR) is 83.3 cm³/mol. The zero-order valence-corrected chi connectivity index (χ0v) is 13.2. The van der Waals surface area contributed by atoms with E-state index in [1.54, 1.807) is 11.8 Å². The predicted octanol–water partition coefficient (Wildman–Crippen LogP) is 5.11.